The lowest BCUT2D eigenvalue weighted by atomic mass is 9.83. The van der Waals surface area contributed by atoms with E-state index >= 15 is 0 Å². The van der Waals surface area contributed by atoms with Gasteiger partial charge in [0.05, 0.1) is 6.61 Å². The second kappa shape index (κ2) is 4.27. The smallest absolute Gasteiger partial charge is 0.316 e. The first-order chi connectivity index (χ1) is 6.50. The molecular formula is C10H11IO3. The number of hydrogen-bond acceptors (Lipinski definition) is 2. The van der Waals surface area contributed by atoms with Gasteiger partial charge < -0.3 is 10.2 Å². The van der Waals surface area contributed by atoms with Crippen LogP contribution in [0.4, 0.5) is 0 Å². The maximum absolute atomic E-state index is 11.0. The maximum Gasteiger partial charge on any atom is 0.316 e. The van der Waals surface area contributed by atoms with Crippen molar-refractivity contribution in [3.63, 3.8) is 0 Å². The molecule has 1 atom stereocenters. The van der Waals surface area contributed by atoms with Crippen molar-refractivity contribution >= 4 is 28.6 Å². The van der Waals surface area contributed by atoms with E-state index in [1.165, 1.54) is 6.92 Å². The molecule has 0 saturated heterocycles. The van der Waals surface area contributed by atoms with Gasteiger partial charge in [0.15, 0.2) is 0 Å². The van der Waals surface area contributed by atoms with E-state index in [9.17, 15) is 4.79 Å². The third-order valence-corrected chi connectivity index (χ3v) is 2.92. The Balaban J connectivity index is 3.19. The molecule has 0 aliphatic heterocycles. The van der Waals surface area contributed by atoms with Crippen molar-refractivity contribution in [1.29, 1.82) is 0 Å². The number of aliphatic hydroxyl groups excluding tert-OH is 1. The van der Waals surface area contributed by atoms with Crippen LogP contribution in [0.2, 0.25) is 0 Å². The van der Waals surface area contributed by atoms with Gasteiger partial charge in [0.2, 0.25) is 0 Å². The average Bonchev–Trinajstić information content (AvgIpc) is 2.16. The Morgan fingerprint density at radius 2 is 2.21 bits per heavy atom. The number of rotatable bonds is 3. The number of aliphatic carboxylic acids is 1. The summed E-state index contributed by atoms with van der Waals surface area (Å²) in [6.45, 7) is 1.11. The van der Waals surface area contributed by atoms with Gasteiger partial charge >= 0.3 is 5.97 Å². The monoisotopic (exact) mass is 306 g/mol. The van der Waals surface area contributed by atoms with Gasteiger partial charge in [0.25, 0.3) is 0 Å². The van der Waals surface area contributed by atoms with Gasteiger partial charge in [-0.05, 0) is 47.2 Å². The van der Waals surface area contributed by atoms with Crippen molar-refractivity contribution in [3.05, 3.63) is 33.4 Å². The lowest BCUT2D eigenvalue weighted by Gasteiger charge is -2.22. The highest BCUT2D eigenvalue weighted by Crippen LogP contribution is 2.24. The highest BCUT2D eigenvalue weighted by atomic mass is 127. The summed E-state index contributed by atoms with van der Waals surface area (Å²) in [5.41, 5.74) is -0.583. The molecule has 76 valence electrons. The standard InChI is InChI=1S/C10H11IO3/c1-10(6-12,9(13)14)7-3-2-4-8(11)5-7/h2-5,12H,6H2,1H3,(H,13,14). The molecule has 1 aromatic rings. The van der Waals surface area contributed by atoms with E-state index in [2.05, 4.69) is 22.6 Å². The summed E-state index contributed by atoms with van der Waals surface area (Å²) in [5.74, 6) is -1.01. The van der Waals surface area contributed by atoms with Gasteiger partial charge in [-0.3, -0.25) is 4.79 Å². The fourth-order valence-electron chi connectivity index (χ4n) is 1.11. The van der Waals surface area contributed by atoms with E-state index in [4.69, 9.17) is 10.2 Å². The summed E-state index contributed by atoms with van der Waals surface area (Å²) in [5, 5.41) is 18.1. The van der Waals surface area contributed by atoms with Crippen molar-refractivity contribution in [2.24, 2.45) is 0 Å². The third-order valence-electron chi connectivity index (χ3n) is 2.25. The van der Waals surface area contributed by atoms with Crippen LogP contribution >= 0.6 is 22.6 Å². The molecule has 0 aliphatic rings. The molecule has 0 aliphatic carbocycles. The van der Waals surface area contributed by atoms with Crippen molar-refractivity contribution in [1.82, 2.24) is 0 Å². The van der Waals surface area contributed by atoms with Crippen LogP contribution in [-0.4, -0.2) is 22.8 Å². The molecule has 1 aromatic carbocycles. The first-order valence-electron chi connectivity index (χ1n) is 4.11. The lowest BCUT2D eigenvalue weighted by molar-refractivity contribution is -0.144. The molecule has 2 N–H and O–H groups in total. The Bertz CT molecular complexity index is 351. The molecule has 0 bridgehead atoms. The summed E-state index contributed by atoms with van der Waals surface area (Å²) >= 11 is 2.11. The Labute approximate surface area is 95.9 Å². The predicted molar refractivity (Wildman–Crippen MR) is 61.2 cm³/mol. The lowest BCUT2D eigenvalue weighted by Crippen LogP contribution is -2.36. The molecule has 1 unspecified atom stereocenters. The zero-order valence-electron chi connectivity index (χ0n) is 7.70. The Morgan fingerprint density at radius 3 is 2.64 bits per heavy atom. The minimum absolute atomic E-state index is 0.400. The van der Waals surface area contributed by atoms with Gasteiger partial charge in [0, 0.05) is 3.57 Å². The number of halogens is 1. The fraction of sp³-hybridized carbons (Fsp3) is 0.300. The molecule has 0 aromatic heterocycles. The second-order valence-electron chi connectivity index (χ2n) is 3.31. The minimum Gasteiger partial charge on any atom is -0.481 e. The molecule has 14 heavy (non-hydrogen) atoms. The Hall–Kier alpha value is -0.620. The number of carbonyl (C=O) groups is 1. The van der Waals surface area contributed by atoms with Gasteiger partial charge in [-0.25, -0.2) is 0 Å². The quantitative estimate of drug-likeness (QED) is 0.835. The molecule has 0 amide bonds. The fourth-order valence-corrected chi connectivity index (χ4v) is 1.66. The summed E-state index contributed by atoms with van der Waals surface area (Å²) in [6.07, 6.45) is 0. The zero-order valence-corrected chi connectivity index (χ0v) is 9.85. The summed E-state index contributed by atoms with van der Waals surface area (Å²) in [4.78, 5) is 11.0. The average molecular weight is 306 g/mol. The predicted octanol–water partition coefficient (Wildman–Crippen LogP) is 1.63. The van der Waals surface area contributed by atoms with Crippen LogP contribution in [0, 0.1) is 3.57 Å². The molecule has 0 heterocycles. The minimum atomic E-state index is -1.21. The van der Waals surface area contributed by atoms with Crippen molar-refractivity contribution in [2.45, 2.75) is 12.3 Å². The Kier molecular flexibility index (Phi) is 3.49. The normalized spacial score (nSPS) is 14.8. The van der Waals surface area contributed by atoms with Crippen LogP contribution < -0.4 is 0 Å². The summed E-state index contributed by atoms with van der Waals surface area (Å²) in [6, 6.07) is 7.15. The first-order valence-corrected chi connectivity index (χ1v) is 5.19. The number of carboxylic acids is 1. The molecular weight excluding hydrogens is 295 g/mol. The van der Waals surface area contributed by atoms with E-state index in [1.807, 2.05) is 6.07 Å². The number of hydrogen-bond donors (Lipinski definition) is 2. The van der Waals surface area contributed by atoms with E-state index in [0.717, 1.165) is 3.57 Å². The number of aliphatic hydroxyl groups is 1. The van der Waals surface area contributed by atoms with E-state index in [-0.39, 0.29) is 0 Å². The molecule has 4 heteroatoms. The van der Waals surface area contributed by atoms with Crippen molar-refractivity contribution < 1.29 is 15.0 Å². The molecule has 1 rings (SSSR count). The SMILES string of the molecule is CC(CO)(C(=O)O)c1cccc(I)c1. The second-order valence-corrected chi connectivity index (χ2v) is 4.55. The first kappa shape index (κ1) is 11.5. The van der Waals surface area contributed by atoms with E-state index < -0.39 is 18.0 Å². The van der Waals surface area contributed by atoms with Gasteiger partial charge in [0.1, 0.15) is 5.41 Å². The molecule has 0 radical (unpaired) electrons. The topological polar surface area (TPSA) is 57.5 Å². The van der Waals surface area contributed by atoms with Crippen LogP contribution in [0.5, 0.6) is 0 Å². The van der Waals surface area contributed by atoms with Crippen LogP contribution in [0.1, 0.15) is 12.5 Å². The van der Waals surface area contributed by atoms with Crippen LogP contribution in [0.15, 0.2) is 24.3 Å². The largest absolute Gasteiger partial charge is 0.481 e. The summed E-state index contributed by atoms with van der Waals surface area (Å²) < 4.78 is 0.959. The van der Waals surface area contributed by atoms with E-state index in [1.54, 1.807) is 18.2 Å². The van der Waals surface area contributed by atoms with Crippen LogP contribution in [0.3, 0.4) is 0 Å². The molecule has 0 fully saturated rings. The highest BCUT2D eigenvalue weighted by molar-refractivity contribution is 14.1. The highest BCUT2D eigenvalue weighted by Gasteiger charge is 2.34. The molecule has 0 saturated carbocycles. The summed E-state index contributed by atoms with van der Waals surface area (Å²) in [7, 11) is 0. The third kappa shape index (κ3) is 2.06. The number of carboxylic acid groups (broad SMARTS) is 1. The van der Waals surface area contributed by atoms with Gasteiger partial charge in [-0.1, -0.05) is 12.1 Å². The van der Waals surface area contributed by atoms with Crippen LogP contribution in [0.25, 0.3) is 0 Å². The van der Waals surface area contributed by atoms with Crippen molar-refractivity contribution in [3.8, 4) is 0 Å². The Morgan fingerprint density at radius 1 is 1.57 bits per heavy atom. The van der Waals surface area contributed by atoms with E-state index in [0.29, 0.717) is 5.56 Å². The molecule has 3 nitrogen and oxygen atoms in total. The van der Waals surface area contributed by atoms with Gasteiger partial charge in [-0.2, -0.15) is 0 Å². The zero-order chi connectivity index (χ0) is 10.8. The van der Waals surface area contributed by atoms with Crippen molar-refractivity contribution in [2.75, 3.05) is 6.61 Å². The molecule has 0 spiro atoms. The maximum atomic E-state index is 11.0. The van der Waals surface area contributed by atoms with Gasteiger partial charge in [-0.15, -0.1) is 0 Å². The number of benzene rings is 1. The van der Waals surface area contributed by atoms with Crippen LogP contribution in [-0.2, 0) is 10.2 Å².